The van der Waals surface area contributed by atoms with Crippen LogP contribution in [-0.4, -0.2) is 23.2 Å². The first-order chi connectivity index (χ1) is 5.84. The molecule has 0 saturated heterocycles. The summed E-state index contributed by atoms with van der Waals surface area (Å²) in [5.74, 6) is 0. The Morgan fingerprint density at radius 2 is 2.42 bits per heavy atom. The van der Waals surface area contributed by atoms with E-state index < -0.39 is 0 Å². The van der Waals surface area contributed by atoms with Crippen molar-refractivity contribution >= 4 is 15.9 Å². The second-order valence-corrected chi connectivity index (χ2v) is 3.10. The molecule has 0 bridgehead atoms. The number of pyridine rings is 1. The lowest BCUT2D eigenvalue weighted by Gasteiger charge is -2.03. The van der Waals surface area contributed by atoms with E-state index in [0.29, 0.717) is 6.54 Å². The third-order valence-electron chi connectivity index (χ3n) is 1.44. The third kappa shape index (κ3) is 2.89. The first kappa shape index (κ1) is 9.64. The average molecular weight is 231 g/mol. The van der Waals surface area contributed by atoms with E-state index in [-0.39, 0.29) is 6.61 Å². The molecule has 0 fully saturated rings. The molecule has 1 rings (SSSR count). The summed E-state index contributed by atoms with van der Waals surface area (Å²) in [4.78, 5) is 4.07. The highest BCUT2D eigenvalue weighted by atomic mass is 79.9. The molecule has 1 aromatic rings. The number of hydrogen-bond acceptors (Lipinski definition) is 3. The van der Waals surface area contributed by atoms with Crippen molar-refractivity contribution in [2.45, 2.75) is 6.54 Å². The summed E-state index contributed by atoms with van der Waals surface area (Å²) in [6, 6.07) is 3.88. The Morgan fingerprint density at radius 1 is 1.58 bits per heavy atom. The summed E-state index contributed by atoms with van der Waals surface area (Å²) >= 11 is 3.33. The predicted octanol–water partition coefficient (Wildman–Crippen LogP) is 0.926. The highest BCUT2D eigenvalue weighted by Gasteiger charge is 1.97. The largest absolute Gasteiger partial charge is 0.395 e. The number of hydrogen-bond donors (Lipinski definition) is 2. The fourth-order valence-electron chi connectivity index (χ4n) is 0.853. The van der Waals surface area contributed by atoms with E-state index in [2.05, 4.69) is 26.2 Å². The van der Waals surface area contributed by atoms with E-state index in [1.807, 2.05) is 12.1 Å². The maximum absolute atomic E-state index is 8.52. The van der Waals surface area contributed by atoms with E-state index in [1.165, 1.54) is 0 Å². The smallest absolute Gasteiger partial charge is 0.110 e. The molecule has 0 unspecified atom stereocenters. The minimum atomic E-state index is 0.165. The molecular formula is C8H11BrN2O. The zero-order valence-electron chi connectivity index (χ0n) is 6.63. The lowest BCUT2D eigenvalue weighted by atomic mass is 10.3. The molecule has 0 amide bonds. The van der Waals surface area contributed by atoms with Crippen LogP contribution in [0, 0.1) is 0 Å². The number of aliphatic hydroxyl groups excluding tert-OH is 1. The molecule has 0 radical (unpaired) electrons. The van der Waals surface area contributed by atoms with Crippen molar-refractivity contribution in [2.75, 3.05) is 13.2 Å². The van der Waals surface area contributed by atoms with Gasteiger partial charge in [-0.1, -0.05) is 6.07 Å². The summed E-state index contributed by atoms with van der Waals surface area (Å²) in [7, 11) is 0. The molecule has 0 spiro atoms. The Hall–Kier alpha value is -0.450. The zero-order valence-corrected chi connectivity index (χ0v) is 8.21. The second kappa shape index (κ2) is 5.24. The van der Waals surface area contributed by atoms with Crippen LogP contribution in [0.15, 0.2) is 22.9 Å². The van der Waals surface area contributed by atoms with Crippen LogP contribution in [0.3, 0.4) is 0 Å². The van der Waals surface area contributed by atoms with Gasteiger partial charge in [-0.15, -0.1) is 0 Å². The van der Waals surface area contributed by atoms with Crippen LogP contribution in [-0.2, 0) is 6.54 Å². The lowest BCUT2D eigenvalue weighted by Crippen LogP contribution is -2.17. The molecule has 12 heavy (non-hydrogen) atoms. The zero-order chi connectivity index (χ0) is 8.81. The Bertz CT molecular complexity index is 242. The van der Waals surface area contributed by atoms with Crippen molar-refractivity contribution in [1.82, 2.24) is 10.3 Å². The van der Waals surface area contributed by atoms with Crippen LogP contribution < -0.4 is 5.32 Å². The fourth-order valence-corrected chi connectivity index (χ4v) is 1.24. The van der Waals surface area contributed by atoms with Gasteiger partial charge in [-0.05, 0) is 27.6 Å². The average Bonchev–Trinajstić information content (AvgIpc) is 2.09. The number of aromatic nitrogens is 1. The van der Waals surface area contributed by atoms with E-state index in [4.69, 9.17) is 5.11 Å². The fraction of sp³-hybridized carbons (Fsp3) is 0.375. The summed E-state index contributed by atoms with van der Waals surface area (Å²) in [6.07, 6.45) is 1.74. The van der Waals surface area contributed by atoms with Crippen LogP contribution in [0.1, 0.15) is 5.56 Å². The molecule has 4 heteroatoms. The molecule has 0 aliphatic carbocycles. The van der Waals surface area contributed by atoms with Crippen molar-refractivity contribution in [3.05, 3.63) is 28.5 Å². The van der Waals surface area contributed by atoms with Gasteiger partial charge in [0.2, 0.25) is 0 Å². The van der Waals surface area contributed by atoms with Gasteiger partial charge in [0.25, 0.3) is 0 Å². The van der Waals surface area contributed by atoms with Crippen LogP contribution in [0.2, 0.25) is 0 Å². The number of nitrogens with zero attached hydrogens (tertiary/aromatic N) is 1. The molecule has 2 N–H and O–H groups in total. The van der Waals surface area contributed by atoms with Crippen LogP contribution in [0.25, 0.3) is 0 Å². The minimum Gasteiger partial charge on any atom is -0.395 e. The first-order valence-corrected chi connectivity index (χ1v) is 4.55. The van der Waals surface area contributed by atoms with Crippen LogP contribution >= 0.6 is 15.9 Å². The molecule has 66 valence electrons. The number of aliphatic hydroxyl groups is 1. The van der Waals surface area contributed by atoms with Crippen molar-refractivity contribution in [1.29, 1.82) is 0 Å². The van der Waals surface area contributed by atoms with Gasteiger partial charge in [0, 0.05) is 19.3 Å². The molecule has 0 aliphatic heterocycles. The maximum Gasteiger partial charge on any atom is 0.110 e. The van der Waals surface area contributed by atoms with Gasteiger partial charge in [0.05, 0.1) is 6.61 Å². The summed E-state index contributed by atoms with van der Waals surface area (Å²) in [5.41, 5.74) is 1.10. The first-order valence-electron chi connectivity index (χ1n) is 3.75. The molecule has 0 saturated carbocycles. The third-order valence-corrected chi connectivity index (χ3v) is 2.15. The molecule has 1 heterocycles. The van der Waals surface area contributed by atoms with Gasteiger partial charge < -0.3 is 10.4 Å². The van der Waals surface area contributed by atoms with Gasteiger partial charge >= 0.3 is 0 Å². The van der Waals surface area contributed by atoms with Gasteiger partial charge in [-0.25, -0.2) is 4.98 Å². The van der Waals surface area contributed by atoms with Crippen molar-refractivity contribution < 1.29 is 5.11 Å². The normalized spacial score (nSPS) is 10.2. The standard InChI is InChI=1S/C8H11BrN2O/c9-8-7(2-1-3-11-8)6-10-4-5-12/h1-3,10,12H,4-6H2. The van der Waals surface area contributed by atoms with E-state index in [0.717, 1.165) is 16.7 Å². The van der Waals surface area contributed by atoms with Crippen molar-refractivity contribution in [3.8, 4) is 0 Å². The van der Waals surface area contributed by atoms with E-state index in [9.17, 15) is 0 Å². The quantitative estimate of drug-likeness (QED) is 0.598. The van der Waals surface area contributed by atoms with Gasteiger partial charge in [-0.3, -0.25) is 0 Å². The van der Waals surface area contributed by atoms with Crippen molar-refractivity contribution in [3.63, 3.8) is 0 Å². The predicted molar refractivity (Wildman–Crippen MR) is 50.7 cm³/mol. The number of rotatable bonds is 4. The lowest BCUT2D eigenvalue weighted by molar-refractivity contribution is 0.292. The monoisotopic (exact) mass is 230 g/mol. The number of nitrogens with one attached hydrogen (secondary N) is 1. The topological polar surface area (TPSA) is 45.1 Å². The second-order valence-electron chi connectivity index (χ2n) is 2.35. The summed E-state index contributed by atoms with van der Waals surface area (Å²) in [6.45, 7) is 1.51. The molecular weight excluding hydrogens is 220 g/mol. The Kier molecular flexibility index (Phi) is 4.21. The molecule has 3 nitrogen and oxygen atoms in total. The summed E-state index contributed by atoms with van der Waals surface area (Å²) in [5, 5.41) is 11.6. The van der Waals surface area contributed by atoms with Crippen LogP contribution in [0.5, 0.6) is 0 Å². The van der Waals surface area contributed by atoms with E-state index in [1.54, 1.807) is 6.20 Å². The Morgan fingerprint density at radius 3 is 3.08 bits per heavy atom. The maximum atomic E-state index is 8.52. The van der Waals surface area contributed by atoms with E-state index >= 15 is 0 Å². The Labute approximate surface area is 80.0 Å². The summed E-state index contributed by atoms with van der Waals surface area (Å²) < 4.78 is 0.857. The van der Waals surface area contributed by atoms with Crippen molar-refractivity contribution in [2.24, 2.45) is 0 Å². The molecule has 1 aromatic heterocycles. The molecule has 0 atom stereocenters. The highest BCUT2D eigenvalue weighted by Crippen LogP contribution is 2.11. The van der Waals surface area contributed by atoms with Crippen LogP contribution in [0.4, 0.5) is 0 Å². The molecule has 0 aromatic carbocycles. The Balaban J connectivity index is 2.46. The number of halogens is 1. The molecule has 0 aliphatic rings. The highest BCUT2D eigenvalue weighted by molar-refractivity contribution is 9.10. The van der Waals surface area contributed by atoms with Gasteiger partial charge in [0.15, 0.2) is 0 Å². The SMILES string of the molecule is OCCNCc1cccnc1Br. The van der Waals surface area contributed by atoms with Gasteiger partial charge in [0.1, 0.15) is 4.60 Å². The van der Waals surface area contributed by atoms with Gasteiger partial charge in [-0.2, -0.15) is 0 Å². The minimum absolute atomic E-state index is 0.165.